The van der Waals surface area contributed by atoms with Gasteiger partial charge in [0.15, 0.2) is 5.76 Å². The van der Waals surface area contributed by atoms with Crippen LogP contribution in [0.3, 0.4) is 0 Å². The van der Waals surface area contributed by atoms with Crippen LogP contribution in [0.15, 0.2) is 87.1 Å². The van der Waals surface area contributed by atoms with E-state index in [-0.39, 0.29) is 17.1 Å². The number of furan rings is 1. The largest absolute Gasteiger partial charge is 0.507 e. The molecule has 2 heterocycles. The molecule has 2 aromatic heterocycles. The van der Waals surface area contributed by atoms with Crippen LogP contribution in [-0.4, -0.2) is 21.0 Å². The second kappa shape index (κ2) is 7.17. The van der Waals surface area contributed by atoms with Gasteiger partial charge >= 0.3 is 0 Å². The predicted molar refractivity (Wildman–Crippen MR) is 117 cm³/mol. The summed E-state index contributed by atoms with van der Waals surface area (Å²) in [4.78, 5) is 17.8. The Morgan fingerprint density at radius 3 is 2.70 bits per heavy atom. The molecule has 0 bridgehead atoms. The first kappa shape index (κ1) is 18.1. The van der Waals surface area contributed by atoms with E-state index < -0.39 is 0 Å². The Morgan fingerprint density at radius 2 is 1.83 bits per heavy atom. The monoisotopic (exact) mass is 415 g/mol. The molecule has 1 N–H and O–H groups in total. The lowest BCUT2D eigenvalue weighted by molar-refractivity contribution is 0.474. The molecule has 0 saturated carbocycles. The van der Waals surface area contributed by atoms with Crippen molar-refractivity contribution >= 4 is 39.7 Å². The molecular weight excluding hydrogens is 402 g/mol. The fourth-order valence-corrected chi connectivity index (χ4v) is 3.41. The van der Waals surface area contributed by atoms with Crippen molar-refractivity contribution in [3.8, 4) is 17.3 Å². The lowest BCUT2D eigenvalue weighted by atomic mass is 10.2. The summed E-state index contributed by atoms with van der Waals surface area (Å²) >= 11 is 6.01. The van der Waals surface area contributed by atoms with Crippen molar-refractivity contribution < 1.29 is 9.52 Å². The van der Waals surface area contributed by atoms with Gasteiger partial charge < -0.3 is 9.52 Å². The Labute approximate surface area is 175 Å². The van der Waals surface area contributed by atoms with Crippen molar-refractivity contribution in [1.82, 2.24) is 9.66 Å². The summed E-state index contributed by atoms with van der Waals surface area (Å²) in [6, 6.07) is 21.0. The number of para-hydroxylation sites is 2. The third-order valence-electron chi connectivity index (χ3n) is 4.70. The highest BCUT2D eigenvalue weighted by molar-refractivity contribution is 6.30. The van der Waals surface area contributed by atoms with Gasteiger partial charge in [0.2, 0.25) is 5.82 Å². The second-order valence-electron chi connectivity index (χ2n) is 6.67. The third kappa shape index (κ3) is 3.13. The number of halogens is 1. The minimum Gasteiger partial charge on any atom is -0.507 e. The van der Waals surface area contributed by atoms with Crippen LogP contribution in [0.2, 0.25) is 5.02 Å². The van der Waals surface area contributed by atoms with E-state index in [9.17, 15) is 9.90 Å². The molecule has 0 aliphatic heterocycles. The maximum atomic E-state index is 13.2. The van der Waals surface area contributed by atoms with E-state index in [1.165, 1.54) is 17.0 Å². The molecule has 5 rings (SSSR count). The first-order chi connectivity index (χ1) is 14.6. The van der Waals surface area contributed by atoms with Crippen molar-refractivity contribution in [3.63, 3.8) is 0 Å². The first-order valence-electron chi connectivity index (χ1n) is 9.14. The van der Waals surface area contributed by atoms with Crippen LogP contribution in [-0.2, 0) is 0 Å². The van der Waals surface area contributed by atoms with Gasteiger partial charge in [0.1, 0.15) is 11.3 Å². The van der Waals surface area contributed by atoms with Crippen molar-refractivity contribution in [1.29, 1.82) is 0 Å². The predicted octanol–water partition coefficient (Wildman–Crippen LogP) is 5.05. The maximum Gasteiger partial charge on any atom is 0.282 e. The molecule has 0 amide bonds. The summed E-state index contributed by atoms with van der Waals surface area (Å²) in [5, 5.41) is 16.1. The van der Waals surface area contributed by atoms with Crippen LogP contribution in [0.5, 0.6) is 5.75 Å². The number of aromatic hydroxyl groups is 1. The summed E-state index contributed by atoms with van der Waals surface area (Å²) in [5.41, 5.74) is 1.24. The SMILES string of the molecule is O=c1c2ccccc2nc(-c2cc3ccccc3o2)n1N=Cc1cc(Cl)ccc1O. The molecule has 5 aromatic rings. The summed E-state index contributed by atoms with van der Waals surface area (Å²) in [7, 11) is 0. The van der Waals surface area contributed by atoms with Gasteiger partial charge in [-0.1, -0.05) is 41.9 Å². The van der Waals surface area contributed by atoms with Crippen LogP contribution in [0, 0.1) is 0 Å². The van der Waals surface area contributed by atoms with E-state index in [2.05, 4.69) is 10.1 Å². The number of hydrogen-bond donors (Lipinski definition) is 1. The van der Waals surface area contributed by atoms with Crippen molar-refractivity contribution in [2.75, 3.05) is 0 Å². The van der Waals surface area contributed by atoms with Crippen LogP contribution in [0.25, 0.3) is 33.5 Å². The van der Waals surface area contributed by atoms with E-state index in [4.69, 9.17) is 16.0 Å². The topological polar surface area (TPSA) is 80.6 Å². The standard InChI is InChI=1S/C23H14ClN3O3/c24-16-9-10-19(28)15(11-16)13-25-27-22(21-12-14-5-1-4-8-20(14)30-21)26-18-7-3-2-6-17(18)23(27)29/h1-13,28H. The summed E-state index contributed by atoms with van der Waals surface area (Å²) in [6.45, 7) is 0. The molecule has 0 fully saturated rings. The van der Waals surface area contributed by atoms with Crippen molar-refractivity contribution in [2.24, 2.45) is 5.10 Å². The number of rotatable bonds is 3. The minimum absolute atomic E-state index is 0.00441. The summed E-state index contributed by atoms with van der Waals surface area (Å²) < 4.78 is 7.09. The number of aromatic nitrogens is 2. The van der Waals surface area contributed by atoms with E-state index in [0.717, 1.165) is 5.39 Å². The Bertz CT molecular complexity index is 1470. The van der Waals surface area contributed by atoms with Crippen molar-refractivity contribution in [2.45, 2.75) is 0 Å². The number of benzene rings is 3. The average Bonchev–Trinajstić information content (AvgIpc) is 3.19. The number of hydrogen-bond acceptors (Lipinski definition) is 5. The molecule has 146 valence electrons. The van der Waals surface area contributed by atoms with Crippen molar-refractivity contribution in [3.05, 3.63) is 93.7 Å². The fourth-order valence-electron chi connectivity index (χ4n) is 3.23. The number of nitrogens with zero attached hydrogens (tertiary/aromatic N) is 3. The van der Waals surface area contributed by atoms with Gasteiger partial charge in [-0.25, -0.2) is 4.98 Å². The maximum absolute atomic E-state index is 13.2. The Morgan fingerprint density at radius 1 is 1.03 bits per heavy atom. The highest BCUT2D eigenvalue weighted by atomic mass is 35.5. The van der Waals surface area contributed by atoms with Gasteiger partial charge in [0.05, 0.1) is 17.1 Å². The number of fused-ring (bicyclic) bond motifs is 2. The molecule has 6 nitrogen and oxygen atoms in total. The normalized spacial score (nSPS) is 11.6. The minimum atomic E-state index is -0.353. The van der Waals surface area contributed by atoms with Gasteiger partial charge in [-0.05, 0) is 42.5 Å². The van der Waals surface area contributed by atoms with Gasteiger partial charge in [0.25, 0.3) is 5.56 Å². The molecule has 0 saturated heterocycles. The van der Waals surface area contributed by atoms with Gasteiger partial charge in [0, 0.05) is 16.0 Å². The molecule has 0 radical (unpaired) electrons. The lowest BCUT2D eigenvalue weighted by Gasteiger charge is -2.07. The highest BCUT2D eigenvalue weighted by Crippen LogP contribution is 2.27. The number of phenolic OH excluding ortho intramolecular Hbond substituents is 1. The fraction of sp³-hybridized carbons (Fsp3) is 0. The molecule has 3 aromatic carbocycles. The second-order valence-corrected chi connectivity index (χ2v) is 7.10. The molecule has 0 unspecified atom stereocenters. The molecular formula is C23H14ClN3O3. The van der Waals surface area contributed by atoms with E-state index >= 15 is 0 Å². The molecule has 7 heteroatoms. The molecule has 0 aliphatic carbocycles. The first-order valence-corrected chi connectivity index (χ1v) is 9.51. The molecule has 0 atom stereocenters. The van der Waals surface area contributed by atoms with Crippen LogP contribution < -0.4 is 5.56 Å². The zero-order valence-electron chi connectivity index (χ0n) is 15.5. The average molecular weight is 416 g/mol. The van der Waals surface area contributed by atoms with Crippen LogP contribution >= 0.6 is 11.6 Å². The summed E-state index contributed by atoms with van der Waals surface area (Å²) in [6.07, 6.45) is 1.37. The zero-order chi connectivity index (χ0) is 20.7. The van der Waals surface area contributed by atoms with Crippen LogP contribution in [0.1, 0.15) is 5.56 Å². The Kier molecular flexibility index (Phi) is 4.34. The van der Waals surface area contributed by atoms with E-state index in [1.807, 2.05) is 36.4 Å². The number of phenols is 1. The molecule has 30 heavy (non-hydrogen) atoms. The van der Waals surface area contributed by atoms with E-state index in [0.29, 0.717) is 32.8 Å². The molecule has 0 aliphatic rings. The Balaban J connectivity index is 1.76. The smallest absolute Gasteiger partial charge is 0.282 e. The summed E-state index contributed by atoms with van der Waals surface area (Å²) in [5.74, 6) is 0.662. The van der Waals surface area contributed by atoms with Gasteiger partial charge in [-0.2, -0.15) is 9.78 Å². The molecule has 0 spiro atoms. The highest BCUT2D eigenvalue weighted by Gasteiger charge is 2.16. The van der Waals surface area contributed by atoms with Crippen LogP contribution in [0.4, 0.5) is 0 Å². The van der Waals surface area contributed by atoms with Gasteiger partial charge in [-0.3, -0.25) is 4.79 Å². The van der Waals surface area contributed by atoms with E-state index in [1.54, 1.807) is 30.3 Å². The lowest BCUT2D eigenvalue weighted by Crippen LogP contribution is -2.20. The zero-order valence-corrected chi connectivity index (χ0v) is 16.2. The Hall–Kier alpha value is -3.90. The quantitative estimate of drug-likeness (QED) is 0.418. The third-order valence-corrected chi connectivity index (χ3v) is 4.94. The van der Waals surface area contributed by atoms with Gasteiger partial charge in [-0.15, -0.1) is 0 Å².